The molecule has 2 heterocycles. The van der Waals surface area contributed by atoms with Crippen LogP contribution in [-0.2, 0) is 28.8 Å². The van der Waals surface area contributed by atoms with Gasteiger partial charge in [-0.05, 0) is 24.3 Å². The Kier molecular flexibility index (Phi) is 6.13. The number of ether oxygens (including phenoxy) is 2. The first-order chi connectivity index (χ1) is 19.2. The quantitative estimate of drug-likeness (QED) is 0.236. The number of amides is 4. The molecule has 40 heavy (non-hydrogen) atoms. The van der Waals surface area contributed by atoms with Crippen LogP contribution in [0, 0.1) is 35.5 Å². The molecule has 0 spiro atoms. The normalized spacial score (nSPS) is 28.1. The number of allylic oxidation sites excluding steroid dienone is 2. The molecule has 7 rings (SSSR count). The van der Waals surface area contributed by atoms with Crippen molar-refractivity contribution in [1.29, 1.82) is 0 Å². The van der Waals surface area contributed by atoms with E-state index in [4.69, 9.17) is 9.47 Å². The first-order valence-corrected chi connectivity index (χ1v) is 13.3. The Hall–Kier alpha value is -4.60. The molecule has 5 aliphatic rings. The monoisotopic (exact) mass is 542 g/mol. The highest BCUT2D eigenvalue weighted by Gasteiger charge is 2.68. The van der Waals surface area contributed by atoms with Gasteiger partial charge < -0.3 is 9.47 Å². The fourth-order valence-corrected chi connectivity index (χ4v) is 6.51. The molecule has 4 atom stereocenters. The molecular weight excluding hydrogens is 516 g/mol. The van der Waals surface area contributed by atoms with E-state index in [9.17, 15) is 28.8 Å². The van der Waals surface area contributed by atoms with E-state index in [1.807, 2.05) is 0 Å². The maximum Gasteiger partial charge on any atom is 0.310 e. The minimum Gasteiger partial charge on any atom is -0.426 e. The molecule has 2 aromatic carbocycles. The highest BCUT2D eigenvalue weighted by Crippen LogP contribution is 2.58. The number of hydrogen-bond acceptors (Lipinski definition) is 8. The third-order valence-corrected chi connectivity index (χ3v) is 8.20. The lowest BCUT2D eigenvalue weighted by Crippen LogP contribution is -2.50. The molecule has 10 heteroatoms. The Morgan fingerprint density at radius 2 is 0.975 bits per heavy atom. The summed E-state index contributed by atoms with van der Waals surface area (Å²) < 4.78 is 10.5. The Morgan fingerprint density at radius 1 is 0.625 bits per heavy atom. The van der Waals surface area contributed by atoms with Crippen molar-refractivity contribution in [3.63, 3.8) is 0 Å². The highest BCUT2D eigenvalue weighted by molar-refractivity contribution is 6.26. The summed E-state index contributed by atoms with van der Waals surface area (Å²) in [5.41, 5.74) is 0.543. The van der Waals surface area contributed by atoms with Crippen molar-refractivity contribution in [2.45, 2.75) is 26.7 Å². The van der Waals surface area contributed by atoms with Crippen LogP contribution < -0.4 is 19.3 Å². The molecule has 204 valence electrons. The van der Waals surface area contributed by atoms with Crippen LogP contribution in [0.25, 0.3) is 0 Å². The summed E-state index contributed by atoms with van der Waals surface area (Å²) in [5.74, 6) is -6.69. The number of anilines is 2. The van der Waals surface area contributed by atoms with E-state index in [0.29, 0.717) is 0 Å². The number of carbonyl (C=O) groups is 6. The zero-order valence-electron chi connectivity index (χ0n) is 21.8. The van der Waals surface area contributed by atoms with Gasteiger partial charge in [-0.15, -0.1) is 0 Å². The first-order valence-electron chi connectivity index (χ1n) is 13.3. The molecule has 2 bridgehead atoms. The number of imide groups is 2. The van der Waals surface area contributed by atoms with E-state index < -0.39 is 71.1 Å². The zero-order valence-corrected chi connectivity index (χ0v) is 21.8. The van der Waals surface area contributed by atoms with Crippen molar-refractivity contribution >= 4 is 46.9 Å². The number of carbonyl (C=O) groups excluding carboxylic acids is 6. The van der Waals surface area contributed by atoms with Crippen LogP contribution in [0.15, 0.2) is 60.7 Å². The summed E-state index contributed by atoms with van der Waals surface area (Å²) in [6, 6.07) is 12.4. The Balaban J connectivity index is 1.31. The average Bonchev–Trinajstić information content (AvgIpc) is 3.40. The Labute approximate surface area is 229 Å². The van der Waals surface area contributed by atoms with Gasteiger partial charge >= 0.3 is 11.9 Å². The maximum atomic E-state index is 13.7. The van der Waals surface area contributed by atoms with Gasteiger partial charge in [0.2, 0.25) is 23.6 Å². The molecular formula is C30H26N2O8. The lowest BCUT2D eigenvalue weighted by molar-refractivity contribution is -0.137. The predicted octanol–water partition coefficient (Wildman–Crippen LogP) is 3.04. The number of hydrogen-bond donors (Lipinski definition) is 0. The maximum absolute atomic E-state index is 13.7. The topological polar surface area (TPSA) is 127 Å². The molecule has 0 unspecified atom stereocenters. The smallest absolute Gasteiger partial charge is 0.310 e. The van der Waals surface area contributed by atoms with E-state index >= 15 is 0 Å². The van der Waals surface area contributed by atoms with Crippen LogP contribution in [0.2, 0.25) is 0 Å². The van der Waals surface area contributed by atoms with E-state index in [1.54, 1.807) is 62.4 Å². The van der Waals surface area contributed by atoms with Gasteiger partial charge in [0, 0.05) is 36.8 Å². The summed E-state index contributed by atoms with van der Waals surface area (Å²) in [4.78, 5) is 80.6. The molecule has 3 aliphatic carbocycles. The van der Waals surface area contributed by atoms with Gasteiger partial charge in [0.1, 0.15) is 11.5 Å². The lowest BCUT2D eigenvalue weighted by Gasteiger charge is -2.44. The number of benzene rings is 2. The lowest BCUT2D eigenvalue weighted by atomic mass is 9.54. The number of nitrogens with zero attached hydrogens (tertiary/aromatic N) is 2. The molecule has 2 aromatic rings. The van der Waals surface area contributed by atoms with Crippen LogP contribution in [0.3, 0.4) is 0 Å². The first kappa shape index (κ1) is 25.7. The highest BCUT2D eigenvalue weighted by atomic mass is 16.5. The molecule has 0 N–H and O–H groups in total. The number of rotatable bonds is 6. The summed E-state index contributed by atoms with van der Waals surface area (Å²) in [6.07, 6.45) is 3.91. The molecule has 10 nitrogen and oxygen atoms in total. The van der Waals surface area contributed by atoms with Gasteiger partial charge in [0.25, 0.3) is 0 Å². The van der Waals surface area contributed by atoms with Gasteiger partial charge in [0.05, 0.1) is 35.0 Å². The third-order valence-electron chi connectivity index (χ3n) is 8.20. The van der Waals surface area contributed by atoms with Crippen LogP contribution in [0.5, 0.6) is 11.5 Å². The van der Waals surface area contributed by atoms with Crippen LogP contribution >= 0.6 is 0 Å². The van der Waals surface area contributed by atoms with Crippen LogP contribution in [-0.4, -0.2) is 35.6 Å². The summed E-state index contributed by atoms with van der Waals surface area (Å²) >= 11 is 0. The van der Waals surface area contributed by atoms with E-state index in [0.717, 1.165) is 9.80 Å². The predicted molar refractivity (Wildman–Crippen MR) is 140 cm³/mol. The fourth-order valence-electron chi connectivity index (χ4n) is 6.51. The second-order valence-electron chi connectivity index (χ2n) is 10.3. The fraction of sp³-hybridized carbons (Fsp3) is 0.333. The molecule has 2 saturated heterocycles. The second-order valence-corrected chi connectivity index (χ2v) is 10.3. The van der Waals surface area contributed by atoms with Crippen molar-refractivity contribution in [2.24, 2.45) is 35.5 Å². The largest absolute Gasteiger partial charge is 0.426 e. The summed E-state index contributed by atoms with van der Waals surface area (Å²) in [5, 5.41) is 0. The van der Waals surface area contributed by atoms with Crippen molar-refractivity contribution in [2.75, 3.05) is 9.80 Å². The van der Waals surface area contributed by atoms with Crippen LogP contribution in [0.1, 0.15) is 26.7 Å². The van der Waals surface area contributed by atoms with Gasteiger partial charge in [0.15, 0.2) is 0 Å². The molecule has 4 amide bonds. The van der Waals surface area contributed by atoms with Gasteiger partial charge in [-0.25, -0.2) is 9.80 Å². The number of esters is 2. The van der Waals surface area contributed by atoms with Crippen molar-refractivity contribution < 1.29 is 38.2 Å². The molecule has 2 aliphatic heterocycles. The van der Waals surface area contributed by atoms with Gasteiger partial charge in [-0.2, -0.15) is 0 Å². The minimum absolute atomic E-state index is 0.168. The standard InChI is InChI=1S/C30H26N2O8/c1-3-21(33)39-17-9-5-7-15(13-17)31-27(35)23-19-11-12-20(24(23)28(31)36)26-25(19)29(37)32(30(26)38)16-8-6-10-18(14-16)40-22(34)4-2/h5-14,19-20,23-26H,3-4H2,1-2H3/t19?,20?,23-,24+,25-,26+. The molecule has 3 fully saturated rings. The van der Waals surface area contributed by atoms with E-state index in [1.165, 1.54) is 12.1 Å². The third kappa shape index (κ3) is 3.77. The molecule has 0 radical (unpaired) electrons. The van der Waals surface area contributed by atoms with Gasteiger partial charge in [-0.3, -0.25) is 28.8 Å². The van der Waals surface area contributed by atoms with Crippen molar-refractivity contribution in [3.05, 3.63) is 60.7 Å². The van der Waals surface area contributed by atoms with Gasteiger partial charge in [-0.1, -0.05) is 38.1 Å². The Morgan fingerprint density at radius 3 is 1.30 bits per heavy atom. The zero-order chi connectivity index (χ0) is 28.3. The van der Waals surface area contributed by atoms with Crippen molar-refractivity contribution in [3.8, 4) is 11.5 Å². The van der Waals surface area contributed by atoms with E-state index in [2.05, 4.69) is 0 Å². The van der Waals surface area contributed by atoms with E-state index in [-0.39, 0.29) is 35.7 Å². The van der Waals surface area contributed by atoms with Crippen LogP contribution in [0.4, 0.5) is 11.4 Å². The summed E-state index contributed by atoms with van der Waals surface area (Å²) in [7, 11) is 0. The molecule has 0 aromatic heterocycles. The Bertz CT molecular complexity index is 1360. The second kappa shape index (κ2) is 9.55. The molecule has 1 saturated carbocycles. The summed E-state index contributed by atoms with van der Waals surface area (Å²) in [6.45, 7) is 3.32. The SMILES string of the molecule is CCC(=O)Oc1cccc(N2C(=O)[C@@H]3C4C=CC([C@@H]3C2=O)[C@@H]2C(=O)N(c3cccc(OC(=O)CC)c3)C(=O)[C@H]42)c1. The van der Waals surface area contributed by atoms with Crippen molar-refractivity contribution in [1.82, 2.24) is 0 Å². The minimum atomic E-state index is -0.792. The average molecular weight is 543 g/mol.